The summed E-state index contributed by atoms with van der Waals surface area (Å²) in [6.45, 7) is 10.2. The van der Waals surface area contributed by atoms with Crippen molar-refractivity contribution in [2.24, 2.45) is 0 Å². The van der Waals surface area contributed by atoms with Crippen molar-refractivity contribution in [2.45, 2.75) is 181 Å². The molecule has 0 saturated carbocycles. The average molecular weight is 1480 g/mol. The predicted octanol–water partition coefficient (Wildman–Crippen LogP) is 4.11. The summed E-state index contributed by atoms with van der Waals surface area (Å²) < 4.78 is 73.0. The number of aromatic amines is 1. The number of aliphatic hydroxyl groups is 5. The average Bonchev–Trinajstić information content (AvgIpc) is 0.856. The topological polar surface area (TPSA) is 345 Å². The molecule has 0 spiro atoms. The zero-order chi connectivity index (χ0) is 67.9. The fourth-order valence-corrected chi connectivity index (χ4v) is 15.4. The van der Waals surface area contributed by atoms with Crippen LogP contribution in [0.1, 0.15) is 69.8 Å². The highest BCUT2D eigenvalue weighted by Crippen LogP contribution is 2.49. The van der Waals surface area contributed by atoms with Crippen LogP contribution in [-0.2, 0) is 57.1 Å². The van der Waals surface area contributed by atoms with Crippen molar-refractivity contribution in [1.29, 1.82) is 0 Å². The van der Waals surface area contributed by atoms with Crippen LogP contribution in [0.5, 0.6) is 17.2 Å². The number of hydrogen-bond donors (Lipinski definition) is 8. The number of nitrogens with zero attached hydrogens (tertiary/aromatic N) is 2. The molecule has 0 radical (unpaired) electrons. The van der Waals surface area contributed by atoms with E-state index >= 15 is 0 Å². The normalized spacial score (nSPS) is 33.3. The van der Waals surface area contributed by atoms with Gasteiger partial charge in [-0.25, -0.2) is 9.78 Å². The van der Waals surface area contributed by atoms with E-state index in [1.165, 1.54) is 69.1 Å². The van der Waals surface area contributed by atoms with Gasteiger partial charge in [0.1, 0.15) is 36.6 Å². The summed E-state index contributed by atoms with van der Waals surface area (Å²) in [6.07, 6.45) is -15.2. The minimum absolute atomic E-state index is 0.0104. The number of aliphatic hydroxyl groups excluding tert-OH is 4. The van der Waals surface area contributed by atoms with Crippen molar-refractivity contribution in [2.75, 3.05) is 54.5 Å². The molecular formula is C63H78IN5O22S3. The molecule has 2 bridgehead atoms. The van der Waals surface area contributed by atoms with E-state index in [2.05, 4.69) is 44.4 Å². The van der Waals surface area contributed by atoms with E-state index in [9.17, 15) is 44.7 Å². The molecule has 8 N–H and O–H groups in total. The van der Waals surface area contributed by atoms with Crippen LogP contribution in [0.15, 0.2) is 64.5 Å². The molecule has 5 heterocycles. The predicted molar refractivity (Wildman–Crippen MR) is 350 cm³/mol. The maximum Gasteiger partial charge on any atom is 0.411 e. The van der Waals surface area contributed by atoms with E-state index in [1.54, 1.807) is 38.7 Å². The highest BCUT2D eigenvalue weighted by Gasteiger charge is 2.52. The van der Waals surface area contributed by atoms with E-state index in [0.717, 1.165) is 29.9 Å². The van der Waals surface area contributed by atoms with Gasteiger partial charge in [0, 0.05) is 57.4 Å². The largest absolute Gasteiger partial charge is 0.492 e. The number of hydrogen-bond acceptors (Lipinski definition) is 27. The first kappa shape index (κ1) is 73.2. The molecule has 4 fully saturated rings. The zero-order valence-corrected chi connectivity index (χ0v) is 58.0. The van der Waals surface area contributed by atoms with E-state index in [4.69, 9.17) is 61.7 Å². The van der Waals surface area contributed by atoms with E-state index in [-0.39, 0.29) is 70.8 Å². The van der Waals surface area contributed by atoms with Gasteiger partial charge in [-0.15, -0.1) is 0 Å². The number of carbonyl (C=O) groups excluding carboxylic acids is 4. The second-order valence-corrected chi connectivity index (χ2v) is 27.2. The SMILES string of the molecule is CCN(C(C)=O)C1COC(OC2C(OC3C#C/C=C\C#CC4(O)CC(=O)C(NC(=O)OC)=C3/C4=C\CSSc3nc4ccccc4[nH]3)OC(C)C(NOC3CC(O)C(SC(=O)c4c(C)c(I)c(OC5OC(C)C(O)C(OC)C5O)c(OC)c4OC)C(C)O3)C2O)CC1OC. The Morgan fingerprint density at radius 1 is 0.894 bits per heavy atom. The number of methoxy groups -OCH3 is 5. The molecule has 2 amide bonds. The second kappa shape index (κ2) is 32.5. The van der Waals surface area contributed by atoms with Crippen LogP contribution in [0.25, 0.3) is 11.0 Å². The number of H-pyrrole nitrogens is 1. The fourth-order valence-electron chi connectivity index (χ4n) is 12.0. The van der Waals surface area contributed by atoms with Gasteiger partial charge in [-0.05, 0) is 97.9 Å². The van der Waals surface area contributed by atoms with Gasteiger partial charge in [0.15, 0.2) is 46.9 Å². The van der Waals surface area contributed by atoms with Gasteiger partial charge in [0.05, 0.1) is 108 Å². The number of thioether (sulfide) groups is 1. The molecular weight excluding hydrogens is 1400 g/mol. The number of ether oxygens (including phenoxy) is 12. The molecule has 6 aliphatic rings. The smallest absolute Gasteiger partial charge is 0.411 e. The van der Waals surface area contributed by atoms with Crippen molar-refractivity contribution >= 4 is 89.9 Å². The summed E-state index contributed by atoms with van der Waals surface area (Å²) in [5.41, 5.74) is 2.57. The number of nitrogens with one attached hydrogen (secondary N) is 3. The molecule has 31 heteroatoms. The Hall–Kier alpha value is -5.09. The number of alkyl carbamates (subject to hydrolysis) is 1. The molecule has 4 aliphatic heterocycles. The van der Waals surface area contributed by atoms with Gasteiger partial charge in [-0.2, -0.15) is 5.48 Å². The van der Waals surface area contributed by atoms with Crippen molar-refractivity contribution in [3.8, 4) is 40.9 Å². The Kier molecular flexibility index (Phi) is 25.3. The number of aromatic nitrogens is 2. The lowest BCUT2D eigenvalue weighted by Crippen LogP contribution is -2.65. The minimum atomic E-state index is -2.15. The van der Waals surface area contributed by atoms with Gasteiger partial charge in [-0.3, -0.25) is 24.5 Å². The summed E-state index contributed by atoms with van der Waals surface area (Å²) in [4.78, 5) is 70.5. The monoisotopic (exact) mass is 1480 g/mol. The van der Waals surface area contributed by atoms with Crippen LogP contribution in [-0.4, -0.2) is 233 Å². The maximum atomic E-state index is 14.5. The number of para-hydroxylation sites is 2. The number of allylic oxidation sites excluding steroid dienone is 3. The third-order valence-corrected chi connectivity index (χ3v) is 21.5. The molecule has 2 aromatic carbocycles. The highest BCUT2D eigenvalue weighted by molar-refractivity contribution is 14.1. The first-order chi connectivity index (χ1) is 45.0. The molecule has 19 atom stereocenters. The molecule has 19 unspecified atom stereocenters. The fraction of sp³-hybridized carbons (Fsp3) is 0.571. The Balaban J connectivity index is 0.961. The molecule has 2 aliphatic carbocycles. The standard InChI is InChI=1S/C63H78IN5O22S3/c1-12-69(33(6)70)37-28-84-42(26-41(37)79-7)89-55-50(74)47(68-91-43-25-38(71)57(32(5)85-43)93-58(76)44-29(2)46(64)53(56(82-10)52(44)80-8)90-59-51(75)54(81-9)49(73)31(4)87-59)30(3)86-60(55)88-40-21-15-13-14-18-23-63(78)27-39(72)48(67-62(77)83-11)45(40)34(63)22-24-92-94-61-65-35-19-16-17-20-36(35)66-61/h13-14,16-17,19-20,22,30-32,37-38,40-43,47,49-51,54-55,57,59-60,68,71,73-75,78H,12,24-28H2,1-11H3,(H,65,66)(H,67,77)/b14-13-,34-22+. The van der Waals surface area contributed by atoms with Crippen LogP contribution in [0.2, 0.25) is 0 Å². The Morgan fingerprint density at radius 3 is 2.31 bits per heavy atom. The quantitative estimate of drug-likeness (QED) is 0.0231. The Bertz CT molecular complexity index is 3440. The lowest BCUT2D eigenvalue weighted by Gasteiger charge is -2.47. The number of ketones is 1. The lowest BCUT2D eigenvalue weighted by atomic mass is 9.75. The number of rotatable bonds is 22. The molecule has 9 rings (SSSR count). The van der Waals surface area contributed by atoms with E-state index < -0.39 is 139 Å². The van der Waals surface area contributed by atoms with Crippen LogP contribution in [0.3, 0.4) is 0 Å². The lowest BCUT2D eigenvalue weighted by molar-refractivity contribution is -0.337. The van der Waals surface area contributed by atoms with E-state index in [1.807, 2.05) is 53.8 Å². The number of fused-ring (bicyclic) bond motifs is 3. The highest BCUT2D eigenvalue weighted by atomic mass is 127. The summed E-state index contributed by atoms with van der Waals surface area (Å²) in [6, 6.07) is 5.89. The summed E-state index contributed by atoms with van der Waals surface area (Å²) in [7, 11) is 9.36. The third-order valence-electron chi connectivity index (χ3n) is 16.8. The van der Waals surface area contributed by atoms with Gasteiger partial charge in [0.25, 0.3) is 0 Å². The Labute approximate surface area is 569 Å². The molecule has 94 heavy (non-hydrogen) atoms. The van der Waals surface area contributed by atoms with Crippen LogP contribution in [0, 0.1) is 34.2 Å². The third kappa shape index (κ3) is 16.1. The van der Waals surface area contributed by atoms with Gasteiger partial charge < -0.3 is 92.3 Å². The first-order valence-electron chi connectivity index (χ1n) is 30.1. The van der Waals surface area contributed by atoms with Gasteiger partial charge in [-0.1, -0.05) is 64.4 Å². The molecule has 4 saturated heterocycles. The van der Waals surface area contributed by atoms with Crippen molar-refractivity contribution < 1.29 is 106 Å². The summed E-state index contributed by atoms with van der Waals surface area (Å²) in [5, 5.41) is 60.5. The second-order valence-electron chi connectivity index (χ2n) is 22.7. The minimum Gasteiger partial charge on any atom is -0.492 e. The molecule has 27 nitrogen and oxygen atoms in total. The number of halogens is 1. The molecule has 3 aromatic rings. The van der Waals surface area contributed by atoms with Crippen molar-refractivity contribution in [3.05, 3.63) is 74.0 Å². The van der Waals surface area contributed by atoms with Crippen molar-refractivity contribution in [3.63, 3.8) is 0 Å². The number of likely N-dealkylation sites (N-methyl/N-ethyl adjacent to an activating group) is 1. The van der Waals surface area contributed by atoms with Gasteiger partial charge in [0.2, 0.25) is 23.1 Å². The number of imidazole rings is 1. The number of carbonyl (C=O) groups is 4. The first-order valence-corrected chi connectivity index (χ1v) is 34.4. The summed E-state index contributed by atoms with van der Waals surface area (Å²) in [5.74, 6) is 10.9. The van der Waals surface area contributed by atoms with Crippen LogP contribution >= 0.6 is 55.9 Å². The number of Topliss-reactive ketones (excluding diaryl/α,β-unsaturated/α-hetero) is 1. The van der Waals surface area contributed by atoms with Crippen LogP contribution < -0.4 is 25.0 Å². The molecule has 512 valence electrons. The Morgan fingerprint density at radius 2 is 1.63 bits per heavy atom. The maximum absolute atomic E-state index is 14.5. The number of hydroxylamine groups is 1. The number of amides is 2. The van der Waals surface area contributed by atoms with Crippen LogP contribution in [0.4, 0.5) is 4.79 Å². The van der Waals surface area contributed by atoms with Crippen molar-refractivity contribution in [1.82, 2.24) is 25.7 Å². The molecule has 1 aromatic heterocycles. The van der Waals surface area contributed by atoms with Gasteiger partial charge >= 0.3 is 6.09 Å². The summed E-state index contributed by atoms with van der Waals surface area (Å²) >= 11 is 2.80. The number of benzene rings is 2. The zero-order valence-electron chi connectivity index (χ0n) is 53.3. The van der Waals surface area contributed by atoms with E-state index in [0.29, 0.717) is 20.8 Å².